The molecule has 1 aromatic heterocycles. The molecule has 0 aliphatic rings. The first kappa shape index (κ1) is 13.4. The van der Waals surface area contributed by atoms with Gasteiger partial charge >= 0.3 is 0 Å². The lowest BCUT2D eigenvalue weighted by molar-refractivity contribution is 0.0948. The molecule has 0 atom stereocenters. The van der Waals surface area contributed by atoms with Crippen LogP contribution in [0.2, 0.25) is 0 Å². The molecule has 1 heterocycles. The van der Waals surface area contributed by atoms with Crippen molar-refractivity contribution in [3.8, 4) is 0 Å². The number of nitrogens with zero attached hydrogens (tertiary/aromatic N) is 2. The summed E-state index contributed by atoms with van der Waals surface area (Å²) in [6.07, 6.45) is 1.49. The number of nitrogen functional groups attached to an aromatic ring is 1. The second kappa shape index (κ2) is 6.85. The molecule has 94 valence electrons. The summed E-state index contributed by atoms with van der Waals surface area (Å²) in [5.41, 5.74) is 5.99. The molecule has 5 nitrogen and oxygen atoms in total. The van der Waals surface area contributed by atoms with Gasteiger partial charge in [0.05, 0.1) is 5.56 Å². The zero-order valence-corrected chi connectivity index (χ0v) is 10.4. The van der Waals surface area contributed by atoms with E-state index in [1.54, 1.807) is 12.1 Å². The Kier molecular flexibility index (Phi) is 5.42. The summed E-state index contributed by atoms with van der Waals surface area (Å²) in [6.45, 7) is 7.71. The Morgan fingerprint density at radius 1 is 1.41 bits per heavy atom. The average Bonchev–Trinajstić information content (AvgIpc) is 2.35. The van der Waals surface area contributed by atoms with Crippen LogP contribution in [0.5, 0.6) is 0 Å². The Bertz CT molecular complexity index is 346. The number of rotatable bonds is 6. The molecule has 5 heteroatoms. The van der Waals surface area contributed by atoms with Crippen LogP contribution in [0.1, 0.15) is 24.2 Å². The van der Waals surface area contributed by atoms with E-state index in [0.717, 1.165) is 19.6 Å². The van der Waals surface area contributed by atoms with Crippen molar-refractivity contribution in [3.63, 3.8) is 0 Å². The van der Waals surface area contributed by atoms with Crippen molar-refractivity contribution in [2.75, 3.05) is 31.9 Å². The van der Waals surface area contributed by atoms with E-state index in [0.29, 0.717) is 17.9 Å². The van der Waals surface area contributed by atoms with Gasteiger partial charge in [0.1, 0.15) is 5.82 Å². The Labute approximate surface area is 102 Å². The summed E-state index contributed by atoms with van der Waals surface area (Å²) < 4.78 is 0. The molecule has 1 amide bonds. The number of hydrogen-bond acceptors (Lipinski definition) is 4. The molecule has 0 unspecified atom stereocenters. The van der Waals surface area contributed by atoms with Crippen LogP contribution in [0.4, 0.5) is 5.82 Å². The van der Waals surface area contributed by atoms with E-state index in [1.165, 1.54) is 6.20 Å². The Morgan fingerprint density at radius 2 is 2.12 bits per heavy atom. The van der Waals surface area contributed by atoms with Gasteiger partial charge in [-0.2, -0.15) is 0 Å². The summed E-state index contributed by atoms with van der Waals surface area (Å²) in [6, 6.07) is 3.30. The van der Waals surface area contributed by atoms with Gasteiger partial charge in [-0.1, -0.05) is 13.8 Å². The number of nitrogens with two attached hydrogens (primary N) is 1. The standard InChI is InChI=1S/C12H20N4O/c1-3-16(4-2)8-7-14-12(17)10-5-6-11(13)15-9-10/h5-6,9H,3-4,7-8H2,1-2H3,(H2,13,15)(H,14,17). The van der Waals surface area contributed by atoms with Gasteiger partial charge in [-0.25, -0.2) is 4.98 Å². The van der Waals surface area contributed by atoms with Gasteiger partial charge < -0.3 is 16.0 Å². The number of amides is 1. The maximum absolute atomic E-state index is 11.7. The van der Waals surface area contributed by atoms with E-state index in [4.69, 9.17) is 5.73 Å². The molecule has 0 radical (unpaired) electrons. The lowest BCUT2D eigenvalue weighted by Crippen LogP contribution is -2.34. The molecule has 1 rings (SSSR count). The van der Waals surface area contributed by atoms with Gasteiger partial charge in [0.15, 0.2) is 0 Å². The number of carbonyl (C=O) groups excluding carboxylic acids is 1. The highest BCUT2D eigenvalue weighted by molar-refractivity contribution is 5.93. The van der Waals surface area contributed by atoms with Crippen LogP contribution >= 0.6 is 0 Å². The van der Waals surface area contributed by atoms with E-state index in [1.807, 2.05) is 0 Å². The Hall–Kier alpha value is -1.62. The van der Waals surface area contributed by atoms with Gasteiger partial charge in [0, 0.05) is 19.3 Å². The minimum absolute atomic E-state index is 0.107. The Balaban J connectivity index is 2.37. The summed E-state index contributed by atoms with van der Waals surface area (Å²) in [5.74, 6) is 0.314. The summed E-state index contributed by atoms with van der Waals surface area (Å²) in [5, 5.41) is 2.86. The second-order valence-corrected chi connectivity index (χ2v) is 3.75. The third-order valence-electron chi connectivity index (χ3n) is 2.66. The highest BCUT2D eigenvalue weighted by atomic mass is 16.1. The molecule has 0 aliphatic heterocycles. The molecule has 1 aromatic rings. The summed E-state index contributed by atoms with van der Waals surface area (Å²) in [4.78, 5) is 17.8. The summed E-state index contributed by atoms with van der Waals surface area (Å²) in [7, 11) is 0. The van der Waals surface area contributed by atoms with Crippen LogP contribution in [0.3, 0.4) is 0 Å². The first-order valence-corrected chi connectivity index (χ1v) is 5.89. The predicted octanol–water partition coefficient (Wildman–Crippen LogP) is 0.735. The molecule has 0 aliphatic carbocycles. The molecule has 0 fully saturated rings. The second-order valence-electron chi connectivity index (χ2n) is 3.75. The fourth-order valence-electron chi connectivity index (χ4n) is 1.51. The van der Waals surface area contributed by atoms with Crippen LogP contribution in [-0.2, 0) is 0 Å². The van der Waals surface area contributed by atoms with Crippen molar-refractivity contribution in [1.82, 2.24) is 15.2 Å². The molecule has 17 heavy (non-hydrogen) atoms. The van der Waals surface area contributed by atoms with Crippen LogP contribution in [0.15, 0.2) is 18.3 Å². The Morgan fingerprint density at radius 3 is 2.65 bits per heavy atom. The molecule has 0 spiro atoms. The molecular weight excluding hydrogens is 216 g/mol. The first-order chi connectivity index (χ1) is 8.17. The van der Waals surface area contributed by atoms with E-state index >= 15 is 0 Å². The fourth-order valence-corrected chi connectivity index (χ4v) is 1.51. The minimum Gasteiger partial charge on any atom is -0.384 e. The van der Waals surface area contributed by atoms with Crippen LogP contribution in [-0.4, -0.2) is 42.0 Å². The third kappa shape index (κ3) is 4.40. The number of carbonyl (C=O) groups is 1. The molecular formula is C12H20N4O. The highest BCUT2D eigenvalue weighted by Crippen LogP contribution is 2.00. The normalized spacial score (nSPS) is 10.5. The predicted molar refractivity (Wildman–Crippen MR) is 68.8 cm³/mol. The number of hydrogen-bond donors (Lipinski definition) is 2. The maximum Gasteiger partial charge on any atom is 0.252 e. The largest absolute Gasteiger partial charge is 0.384 e. The van der Waals surface area contributed by atoms with Gasteiger partial charge in [-0.3, -0.25) is 4.79 Å². The number of anilines is 1. The molecule has 0 bridgehead atoms. The van der Waals surface area contributed by atoms with Crippen molar-refractivity contribution in [2.45, 2.75) is 13.8 Å². The minimum atomic E-state index is -0.107. The summed E-state index contributed by atoms with van der Waals surface area (Å²) >= 11 is 0. The average molecular weight is 236 g/mol. The van der Waals surface area contributed by atoms with Crippen LogP contribution < -0.4 is 11.1 Å². The van der Waals surface area contributed by atoms with Gasteiger partial charge in [-0.15, -0.1) is 0 Å². The zero-order chi connectivity index (χ0) is 12.7. The van der Waals surface area contributed by atoms with Crippen LogP contribution in [0.25, 0.3) is 0 Å². The van der Waals surface area contributed by atoms with E-state index in [-0.39, 0.29) is 5.91 Å². The molecule has 0 saturated heterocycles. The number of pyridine rings is 1. The van der Waals surface area contributed by atoms with Gasteiger partial charge in [0.2, 0.25) is 0 Å². The SMILES string of the molecule is CCN(CC)CCNC(=O)c1ccc(N)nc1. The topological polar surface area (TPSA) is 71.2 Å². The van der Waals surface area contributed by atoms with E-state index < -0.39 is 0 Å². The lowest BCUT2D eigenvalue weighted by Gasteiger charge is -2.17. The number of nitrogens with one attached hydrogen (secondary N) is 1. The first-order valence-electron chi connectivity index (χ1n) is 5.89. The van der Waals surface area contributed by atoms with Crippen molar-refractivity contribution in [2.24, 2.45) is 0 Å². The van der Waals surface area contributed by atoms with Gasteiger partial charge in [-0.05, 0) is 25.2 Å². The molecule has 3 N–H and O–H groups in total. The highest BCUT2D eigenvalue weighted by Gasteiger charge is 2.05. The number of aromatic nitrogens is 1. The molecule has 0 saturated carbocycles. The van der Waals surface area contributed by atoms with Crippen molar-refractivity contribution >= 4 is 11.7 Å². The van der Waals surface area contributed by atoms with Crippen molar-refractivity contribution in [1.29, 1.82) is 0 Å². The van der Waals surface area contributed by atoms with E-state index in [2.05, 4.69) is 29.0 Å². The zero-order valence-electron chi connectivity index (χ0n) is 10.4. The number of likely N-dealkylation sites (N-methyl/N-ethyl adjacent to an activating group) is 1. The smallest absolute Gasteiger partial charge is 0.252 e. The monoisotopic (exact) mass is 236 g/mol. The van der Waals surface area contributed by atoms with Crippen molar-refractivity contribution in [3.05, 3.63) is 23.9 Å². The molecule has 0 aromatic carbocycles. The van der Waals surface area contributed by atoms with Gasteiger partial charge in [0.25, 0.3) is 5.91 Å². The van der Waals surface area contributed by atoms with Crippen LogP contribution in [0, 0.1) is 0 Å². The lowest BCUT2D eigenvalue weighted by atomic mass is 10.2. The fraction of sp³-hybridized carbons (Fsp3) is 0.500. The third-order valence-corrected chi connectivity index (χ3v) is 2.66. The van der Waals surface area contributed by atoms with Crippen molar-refractivity contribution < 1.29 is 4.79 Å². The quantitative estimate of drug-likeness (QED) is 0.764. The maximum atomic E-state index is 11.7. The van der Waals surface area contributed by atoms with E-state index in [9.17, 15) is 4.79 Å².